The van der Waals surface area contributed by atoms with Crippen molar-refractivity contribution in [2.45, 2.75) is 53.0 Å². The third kappa shape index (κ3) is 3.83. The van der Waals surface area contributed by atoms with E-state index < -0.39 is 11.5 Å². The molecule has 1 aromatic rings. The van der Waals surface area contributed by atoms with Crippen LogP contribution in [-0.2, 0) is 16.0 Å². The molecule has 0 saturated carbocycles. The molecule has 5 nitrogen and oxygen atoms in total. The van der Waals surface area contributed by atoms with Crippen LogP contribution in [0, 0.1) is 6.92 Å². The van der Waals surface area contributed by atoms with Gasteiger partial charge in [0.05, 0.1) is 17.7 Å². The Kier molecular flexibility index (Phi) is 5.92. The zero-order valence-electron chi connectivity index (χ0n) is 13.3. The Morgan fingerprint density at radius 1 is 1.33 bits per heavy atom. The first-order chi connectivity index (χ1) is 9.78. The molecular formula is C15H24N2O3S. The number of carbonyl (C=O) groups excluding carboxylic acids is 2. The van der Waals surface area contributed by atoms with Crippen molar-refractivity contribution in [3.63, 3.8) is 0 Å². The van der Waals surface area contributed by atoms with Gasteiger partial charge in [-0.2, -0.15) is 0 Å². The number of aryl methyl sites for hydroxylation is 1. The first kappa shape index (κ1) is 17.7. The number of carbonyl (C=O) groups is 2. The van der Waals surface area contributed by atoms with Gasteiger partial charge in [-0.25, -0.2) is 4.79 Å². The summed E-state index contributed by atoms with van der Waals surface area (Å²) in [4.78, 5) is 25.4. The number of amides is 1. The molecule has 1 rings (SSSR count). The van der Waals surface area contributed by atoms with Crippen LogP contribution in [-0.4, -0.2) is 24.0 Å². The fraction of sp³-hybridized carbons (Fsp3) is 0.600. The number of rotatable bonds is 6. The van der Waals surface area contributed by atoms with Gasteiger partial charge in [-0.05, 0) is 39.2 Å². The first-order valence-corrected chi connectivity index (χ1v) is 7.99. The Hall–Kier alpha value is -1.40. The lowest BCUT2D eigenvalue weighted by atomic mass is 9.99. The second-order valence-electron chi connectivity index (χ2n) is 5.14. The highest BCUT2D eigenvalue weighted by atomic mass is 32.1. The largest absolute Gasteiger partial charge is 0.462 e. The molecule has 1 atom stereocenters. The summed E-state index contributed by atoms with van der Waals surface area (Å²) in [6.07, 6.45) is 1.22. The lowest BCUT2D eigenvalue weighted by Gasteiger charge is -2.21. The minimum absolute atomic E-state index is 0.292. The number of hydrogen-bond acceptors (Lipinski definition) is 5. The summed E-state index contributed by atoms with van der Waals surface area (Å²) in [6.45, 7) is 9.49. The van der Waals surface area contributed by atoms with Crippen LogP contribution in [0.5, 0.6) is 0 Å². The molecule has 1 amide bonds. The Morgan fingerprint density at radius 2 is 1.95 bits per heavy atom. The molecule has 21 heavy (non-hydrogen) atoms. The second kappa shape index (κ2) is 7.04. The van der Waals surface area contributed by atoms with Gasteiger partial charge >= 0.3 is 5.97 Å². The topological polar surface area (TPSA) is 81.4 Å². The van der Waals surface area contributed by atoms with Gasteiger partial charge in [0.15, 0.2) is 0 Å². The number of nitrogens with one attached hydrogen (secondary N) is 1. The van der Waals surface area contributed by atoms with Gasteiger partial charge in [-0.1, -0.05) is 13.8 Å². The van der Waals surface area contributed by atoms with Gasteiger partial charge in [-0.3, -0.25) is 4.79 Å². The van der Waals surface area contributed by atoms with Gasteiger partial charge in [-0.15, -0.1) is 11.3 Å². The van der Waals surface area contributed by atoms with Crippen molar-refractivity contribution in [1.82, 2.24) is 0 Å². The van der Waals surface area contributed by atoms with E-state index in [-0.39, 0.29) is 5.91 Å². The standard InChI is InChI=1S/C15H24N2O3S/c1-6-10-9(4)21-12(11(10)13(18)20-8-3)17-14(19)15(5,16)7-2/h6-8,16H2,1-5H3,(H,17,19). The molecule has 0 aliphatic heterocycles. The summed E-state index contributed by atoms with van der Waals surface area (Å²) in [5, 5.41) is 3.32. The maximum atomic E-state index is 12.2. The van der Waals surface area contributed by atoms with E-state index in [0.29, 0.717) is 30.0 Å². The summed E-state index contributed by atoms with van der Waals surface area (Å²) in [5.74, 6) is -0.691. The molecule has 3 N–H and O–H groups in total. The quantitative estimate of drug-likeness (QED) is 0.791. The van der Waals surface area contributed by atoms with E-state index in [1.54, 1.807) is 13.8 Å². The van der Waals surface area contributed by atoms with Crippen molar-refractivity contribution in [3.05, 3.63) is 16.0 Å². The summed E-state index contributed by atoms with van der Waals surface area (Å²) >= 11 is 1.39. The Balaban J connectivity index is 3.18. The number of hydrogen-bond donors (Lipinski definition) is 2. The summed E-state index contributed by atoms with van der Waals surface area (Å²) in [6, 6.07) is 0. The van der Waals surface area contributed by atoms with Crippen molar-refractivity contribution in [3.8, 4) is 0 Å². The smallest absolute Gasteiger partial charge is 0.341 e. The summed E-state index contributed by atoms with van der Waals surface area (Å²) in [5.41, 5.74) is 6.36. The SMILES string of the molecule is CCOC(=O)c1c(NC(=O)C(C)(N)CC)sc(C)c1CC. The number of anilines is 1. The highest BCUT2D eigenvalue weighted by Gasteiger charge is 2.29. The highest BCUT2D eigenvalue weighted by molar-refractivity contribution is 7.16. The fourth-order valence-corrected chi connectivity index (χ4v) is 3.05. The normalized spacial score (nSPS) is 13.6. The van der Waals surface area contributed by atoms with Gasteiger partial charge in [0, 0.05) is 4.88 Å². The molecule has 1 unspecified atom stereocenters. The van der Waals surface area contributed by atoms with Gasteiger partial charge in [0.2, 0.25) is 5.91 Å². The lowest BCUT2D eigenvalue weighted by molar-refractivity contribution is -0.120. The summed E-state index contributed by atoms with van der Waals surface area (Å²) in [7, 11) is 0. The number of nitrogens with two attached hydrogens (primary N) is 1. The molecule has 1 aromatic heterocycles. The van der Waals surface area contributed by atoms with Crippen LogP contribution in [0.25, 0.3) is 0 Å². The molecule has 0 fully saturated rings. The average Bonchev–Trinajstić information content (AvgIpc) is 2.74. The van der Waals surface area contributed by atoms with Crippen LogP contribution in [0.3, 0.4) is 0 Å². The minimum Gasteiger partial charge on any atom is -0.462 e. The molecule has 0 radical (unpaired) electrons. The van der Waals surface area contributed by atoms with E-state index in [1.165, 1.54) is 11.3 Å². The highest BCUT2D eigenvalue weighted by Crippen LogP contribution is 2.34. The average molecular weight is 312 g/mol. The van der Waals surface area contributed by atoms with Crippen molar-refractivity contribution in [1.29, 1.82) is 0 Å². The van der Waals surface area contributed by atoms with Crippen molar-refractivity contribution in [2.75, 3.05) is 11.9 Å². The molecule has 0 aliphatic rings. The van der Waals surface area contributed by atoms with E-state index in [4.69, 9.17) is 10.5 Å². The van der Waals surface area contributed by atoms with Crippen LogP contribution in [0.15, 0.2) is 0 Å². The van der Waals surface area contributed by atoms with E-state index in [2.05, 4.69) is 5.32 Å². The van der Waals surface area contributed by atoms with Crippen molar-refractivity contribution >= 4 is 28.2 Å². The molecular weight excluding hydrogens is 288 g/mol. The predicted octanol–water partition coefficient (Wildman–Crippen LogP) is 2.86. The van der Waals surface area contributed by atoms with E-state index in [9.17, 15) is 9.59 Å². The Bertz CT molecular complexity index is 535. The third-order valence-corrected chi connectivity index (χ3v) is 4.59. The summed E-state index contributed by atoms with van der Waals surface area (Å²) < 4.78 is 5.10. The van der Waals surface area contributed by atoms with Crippen LogP contribution in [0.1, 0.15) is 54.9 Å². The van der Waals surface area contributed by atoms with E-state index in [0.717, 1.165) is 10.4 Å². The monoisotopic (exact) mass is 312 g/mol. The Morgan fingerprint density at radius 3 is 2.43 bits per heavy atom. The molecule has 118 valence electrons. The molecule has 1 heterocycles. The van der Waals surface area contributed by atoms with Gasteiger partial charge in [0.25, 0.3) is 0 Å². The zero-order valence-corrected chi connectivity index (χ0v) is 14.1. The lowest BCUT2D eigenvalue weighted by Crippen LogP contribution is -2.47. The maximum Gasteiger partial charge on any atom is 0.341 e. The number of esters is 1. The van der Waals surface area contributed by atoms with Crippen molar-refractivity contribution < 1.29 is 14.3 Å². The van der Waals surface area contributed by atoms with E-state index in [1.807, 2.05) is 20.8 Å². The third-order valence-electron chi connectivity index (χ3n) is 3.52. The fourth-order valence-electron chi connectivity index (χ4n) is 1.92. The predicted molar refractivity (Wildman–Crippen MR) is 85.9 cm³/mol. The second-order valence-corrected chi connectivity index (χ2v) is 6.36. The molecule has 6 heteroatoms. The van der Waals surface area contributed by atoms with Crippen LogP contribution >= 0.6 is 11.3 Å². The molecule has 0 saturated heterocycles. The van der Waals surface area contributed by atoms with E-state index >= 15 is 0 Å². The van der Waals surface area contributed by atoms with Gasteiger partial charge < -0.3 is 15.8 Å². The van der Waals surface area contributed by atoms with Crippen LogP contribution in [0.4, 0.5) is 5.00 Å². The number of ether oxygens (including phenoxy) is 1. The molecule has 0 aromatic carbocycles. The molecule has 0 bridgehead atoms. The maximum absolute atomic E-state index is 12.2. The molecule has 0 spiro atoms. The van der Waals surface area contributed by atoms with Crippen molar-refractivity contribution in [2.24, 2.45) is 5.73 Å². The van der Waals surface area contributed by atoms with Gasteiger partial charge in [0.1, 0.15) is 5.00 Å². The first-order valence-electron chi connectivity index (χ1n) is 7.18. The van der Waals surface area contributed by atoms with Crippen LogP contribution < -0.4 is 11.1 Å². The van der Waals surface area contributed by atoms with Crippen LogP contribution in [0.2, 0.25) is 0 Å². The molecule has 0 aliphatic carbocycles. The minimum atomic E-state index is -0.962. The Labute approximate surface area is 129 Å². The zero-order chi connectivity index (χ0) is 16.2. The number of thiophene rings is 1.